The lowest BCUT2D eigenvalue weighted by Gasteiger charge is -2.34. The van der Waals surface area contributed by atoms with Crippen LogP contribution < -0.4 is 16.5 Å². The van der Waals surface area contributed by atoms with Gasteiger partial charge in [0.2, 0.25) is 0 Å². The maximum atomic E-state index is 13.4. The highest BCUT2D eigenvalue weighted by Gasteiger charge is 2.34. The number of carbonyl (C=O) groups excluding carboxylic acids is 2. The molecule has 9 nitrogen and oxygen atoms in total. The molecule has 2 amide bonds. The van der Waals surface area contributed by atoms with Gasteiger partial charge < -0.3 is 20.9 Å². The maximum absolute atomic E-state index is 13.4. The van der Waals surface area contributed by atoms with Gasteiger partial charge in [-0.1, -0.05) is 81.4 Å². The molecule has 0 bridgehead atoms. The van der Waals surface area contributed by atoms with Gasteiger partial charge >= 0.3 is 6.09 Å². The van der Waals surface area contributed by atoms with Crippen LogP contribution in [0.1, 0.15) is 31.9 Å². The van der Waals surface area contributed by atoms with Gasteiger partial charge in [-0.15, -0.1) is 0 Å². The van der Waals surface area contributed by atoms with E-state index < -0.39 is 35.6 Å². The van der Waals surface area contributed by atoms with Gasteiger partial charge in [-0.05, 0) is 35.1 Å². The summed E-state index contributed by atoms with van der Waals surface area (Å²) in [5.41, 5.74) is 12.4. The first-order chi connectivity index (χ1) is 18.6. The Balaban J connectivity index is 1.78. The first-order valence-corrected chi connectivity index (χ1v) is 12.9. The van der Waals surface area contributed by atoms with Crippen LogP contribution in [0.5, 0.6) is 0 Å². The summed E-state index contributed by atoms with van der Waals surface area (Å²) in [6.07, 6.45) is 0.595. The standard InChI is InChI=1S/C30H39N5O4/c1-30(2,3)27(33-29(38)39-4)28(37)34-35(20-26(36)24(31)18-21-10-6-5-7-11-21)19-22-13-15-23(16-14-22)25-12-8-9-17-32-25/h5-17,24,26-27,36H,18-20,31H2,1-4H3,(H,33,38)(H,34,37)/t24-,26-,27+/m0/s1. The molecule has 3 atom stereocenters. The molecule has 0 aliphatic carbocycles. The highest BCUT2D eigenvalue weighted by Crippen LogP contribution is 2.21. The number of amides is 2. The highest BCUT2D eigenvalue weighted by molar-refractivity contribution is 5.86. The molecule has 0 aliphatic rings. The smallest absolute Gasteiger partial charge is 0.407 e. The third-order valence-electron chi connectivity index (χ3n) is 6.35. The Labute approximate surface area is 230 Å². The van der Waals surface area contributed by atoms with E-state index in [1.165, 1.54) is 7.11 Å². The van der Waals surface area contributed by atoms with E-state index in [0.29, 0.717) is 13.0 Å². The normalized spacial score (nSPS) is 13.8. The van der Waals surface area contributed by atoms with Crippen LogP contribution in [0.2, 0.25) is 0 Å². The second-order valence-corrected chi connectivity index (χ2v) is 10.6. The average Bonchev–Trinajstić information content (AvgIpc) is 2.92. The molecule has 3 rings (SSSR count). The van der Waals surface area contributed by atoms with Crippen LogP contribution in [0.4, 0.5) is 4.79 Å². The van der Waals surface area contributed by atoms with Crippen molar-refractivity contribution in [2.75, 3.05) is 13.7 Å². The molecule has 1 heterocycles. The molecular formula is C30H39N5O4. The van der Waals surface area contributed by atoms with E-state index in [1.54, 1.807) is 11.2 Å². The zero-order valence-corrected chi connectivity index (χ0v) is 23.0. The number of aliphatic hydroxyl groups is 1. The number of nitrogens with zero attached hydrogens (tertiary/aromatic N) is 2. The van der Waals surface area contributed by atoms with Gasteiger partial charge in [0.15, 0.2) is 0 Å². The fraction of sp³-hybridized carbons (Fsp3) is 0.367. The molecular weight excluding hydrogens is 494 g/mol. The van der Waals surface area contributed by atoms with Crippen molar-refractivity contribution in [1.29, 1.82) is 0 Å². The lowest BCUT2D eigenvalue weighted by atomic mass is 9.86. The summed E-state index contributed by atoms with van der Waals surface area (Å²) < 4.78 is 4.72. The number of ether oxygens (including phenoxy) is 1. The van der Waals surface area contributed by atoms with Crippen LogP contribution in [0, 0.1) is 5.41 Å². The Morgan fingerprint density at radius 1 is 1.00 bits per heavy atom. The van der Waals surface area contributed by atoms with Gasteiger partial charge in [-0.2, -0.15) is 0 Å². The van der Waals surface area contributed by atoms with Gasteiger partial charge in [0, 0.05) is 30.9 Å². The van der Waals surface area contributed by atoms with Crippen molar-refractivity contribution >= 4 is 12.0 Å². The zero-order chi connectivity index (χ0) is 28.4. The van der Waals surface area contributed by atoms with Crippen molar-refractivity contribution in [3.8, 4) is 11.3 Å². The Kier molecular flexibility index (Phi) is 10.6. The molecule has 0 spiro atoms. The molecule has 0 unspecified atom stereocenters. The minimum absolute atomic E-state index is 0.0802. The summed E-state index contributed by atoms with van der Waals surface area (Å²) in [4.78, 5) is 29.7. The van der Waals surface area contributed by atoms with Gasteiger partial charge in [0.1, 0.15) is 6.04 Å². The Morgan fingerprint density at radius 2 is 1.67 bits per heavy atom. The largest absolute Gasteiger partial charge is 0.453 e. The molecule has 1 aromatic heterocycles. The minimum atomic E-state index is -0.931. The predicted octanol–water partition coefficient (Wildman–Crippen LogP) is 3.28. The van der Waals surface area contributed by atoms with Gasteiger partial charge in [0.25, 0.3) is 5.91 Å². The molecule has 5 N–H and O–H groups in total. The van der Waals surface area contributed by atoms with Crippen molar-refractivity contribution in [1.82, 2.24) is 20.7 Å². The van der Waals surface area contributed by atoms with Crippen molar-refractivity contribution in [2.24, 2.45) is 11.1 Å². The van der Waals surface area contributed by atoms with Crippen molar-refractivity contribution < 1.29 is 19.4 Å². The second-order valence-electron chi connectivity index (χ2n) is 10.6. The Hall–Kier alpha value is -3.79. The Bertz CT molecular complexity index is 1180. The first kappa shape index (κ1) is 29.8. The summed E-state index contributed by atoms with van der Waals surface area (Å²) in [5.74, 6) is -0.429. The summed E-state index contributed by atoms with van der Waals surface area (Å²) >= 11 is 0. The van der Waals surface area contributed by atoms with Crippen LogP contribution in [0.25, 0.3) is 11.3 Å². The van der Waals surface area contributed by atoms with E-state index >= 15 is 0 Å². The van der Waals surface area contributed by atoms with Gasteiger partial charge in [-0.25, -0.2) is 9.80 Å². The number of carbonyl (C=O) groups is 2. The van der Waals surface area contributed by atoms with E-state index in [-0.39, 0.29) is 6.54 Å². The number of nitrogens with two attached hydrogens (primary N) is 1. The minimum Gasteiger partial charge on any atom is -0.453 e. The number of methoxy groups -OCH3 is 1. The molecule has 39 heavy (non-hydrogen) atoms. The quantitative estimate of drug-likeness (QED) is 0.278. The monoisotopic (exact) mass is 533 g/mol. The number of hydrazine groups is 1. The summed E-state index contributed by atoms with van der Waals surface area (Å²) in [6, 6.07) is 21.8. The number of aliphatic hydroxyl groups excluding tert-OH is 1. The van der Waals surface area contributed by atoms with E-state index in [9.17, 15) is 14.7 Å². The topological polar surface area (TPSA) is 130 Å². The predicted molar refractivity (Wildman–Crippen MR) is 151 cm³/mol. The fourth-order valence-corrected chi connectivity index (χ4v) is 4.14. The Morgan fingerprint density at radius 3 is 2.26 bits per heavy atom. The molecule has 2 aromatic carbocycles. The second kappa shape index (κ2) is 13.8. The molecule has 208 valence electrons. The summed E-state index contributed by atoms with van der Waals surface area (Å²) in [6.45, 7) is 5.92. The van der Waals surface area contributed by atoms with Crippen molar-refractivity contribution in [3.05, 3.63) is 90.1 Å². The number of hydrogen-bond donors (Lipinski definition) is 4. The van der Waals surface area contributed by atoms with Crippen LogP contribution in [-0.2, 0) is 22.5 Å². The third kappa shape index (κ3) is 9.17. The number of pyridine rings is 1. The van der Waals surface area contributed by atoms with E-state index in [0.717, 1.165) is 22.4 Å². The van der Waals surface area contributed by atoms with Gasteiger partial charge in [-0.3, -0.25) is 15.2 Å². The van der Waals surface area contributed by atoms with Crippen LogP contribution in [0.3, 0.4) is 0 Å². The molecule has 0 aliphatic heterocycles. The number of hydrogen-bond acceptors (Lipinski definition) is 7. The molecule has 0 fully saturated rings. The molecule has 0 saturated carbocycles. The van der Waals surface area contributed by atoms with Crippen LogP contribution in [0.15, 0.2) is 79.0 Å². The van der Waals surface area contributed by atoms with Gasteiger partial charge in [0.05, 0.1) is 18.9 Å². The van der Waals surface area contributed by atoms with Crippen molar-refractivity contribution in [2.45, 2.75) is 51.9 Å². The molecule has 0 radical (unpaired) electrons. The number of alkyl carbamates (subject to hydrolysis) is 1. The molecule has 0 saturated heterocycles. The maximum Gasteiger partial charge on any atom is 0.407 e. The van der Waals surface area contributed by atoms with E-state index in [1.807, 2.05) is 93.6 Å². The fourth-order valence-electron chi connectivity index (χ4n) is 4.14. The van der Waals surface area contributed by atoms with E-state index in [4.69, 9.17) is 10.5 Å². The summed E-state index contributed by atoms with van der Waals surface area (Å²) in [5, 5.41) is 15.2. The number of aromatic nitrogens is 1. The first-order valence-electron chi connectivity index (χ1n) is 12.9. The SMILES string of the molecule is COC(=O)N[C@H](C(=O)NN(Cc1ccc(-c2ccccn2)cc1)C[C@H](O)[C@@H](N)Cc1ccccc1)C(C)(C)C. The average molecular weight is 534 g/mol. The molecule has 3 aromatic rings. The zero-order valence-electron chi connectivity index (χ0n) is 23.0. The third-order valence-corrected chi connectivity index (χ3v) is 6.35. The van der Waals surface area contributed by atoms with Crippen molar-refractivity contribution in [3.63, 3.8) is 0 Å². The molecule has 9 heteroatoms. The van der Waals surface area contributed by atoms with Crippen LogP contribution in [-0.4, -0.2) is 58.9 Å². The summed E-state index contributed by atoms with van der Waals surface area (Å²) in [7, 11) is 1.25. The number of benzene rings is 2. The van der Waals surface area contributed by atoms with E-state index in [2.05, 4.69) is 15.7 Å². The number of nitrogens with one attached hydrogen (secondary N) is 2. The lowest BCUT2D eigenvalue weighted by Crippen LogP contribution is -2.58. The van der Waals surface area contributed by atoms with Crippen LogP contribution >= 0.6 is 0 Å². The lowest BCUT2D eigenvalue weighted by molar-refractivity contribution is -0.131. The highest BCUT2D eigenvalue weighted by atomic mass is 16.5. The number of rotatable bonds is 11.